The fourth-order valence-corrected chi connectivity index (χ4v) is 4.51. The van der Waals surface area contributed by atoms with Crippen molar-refractivity contribution in [2.45, 2.75) is 11.3 Å². The van der Waals surface area contributed by atoms with Gasteiger partial charge in [0.05, 0.1) is 31.2 Å². The number of hydrogen-bond acceptors (Lipinski definition) is 8. The zero-order valence-electron chi connectivity index (χ0n) is 18.4. The number of fused-ring (bicyclic) bond motifs is 1. The number of amides is 1. The van der Waals surface area contributed by atoms with E-state index >= 15 is 0 Å². The summed E-state index contributed by atoms with van der Waals surface area (Å²) in [5.41, 5.74) is 0.598. The molecular weight excluding hydrogens is 461 g/mol. The van der Waals surface area contributed by atoms with E-state index in [1.165, 1.54) is 23.9 Å². The van der Waals surface area contributed by atoms with Crippen molar-refractivity contribution in [2.24, 2.45) is 0 Å². The molecule has 0 bridgehead atoms. The van der Waals surface area contributed by atoms with E-state index in [0.29, 0.717) is 67.7 Å². The molecule has 3 heterocycles. The largest absolute Gasteiger partial charge is 0.486 e. The number of nitrogens with zero attached hydrogens (tertiary/aromatic N) is 4. The lowest BCUT2D eigenvalue weighted by atomic mass is 10.2. The SMILES string of the molecule is O=C(CSc1nnc(N2CCOCC2)n1-c1cccc(F)c1)NC[C@@H]1COc2ccccc2O1. The van der Waals surface area contributed by atoms with Crippen LogP contribution in [0.25, 0.3) is 5.69 Å². The van der Waals surface area contributed by atoms with Gasteiger partial charge in [-0.05, 0) is 30.3 Å². The van der Waals surface area contributed by atoms with Crippen molar-refractivity contribution in [1.29, 1.82) is 0 Å². The Balaban J connectivity index is 1.23. The Kier molecular flexibility index (Phi) is 6.82. The number of morpholine rings is 1. The van der Waals surface area contributed by atoms with Crippen LogP contribution in [0.3, 0.4) is 0 Å². The number of benzene rings is 2. The number of rotatable bonds is 7. The molecule has 1 amide bonds. The molecule has 0 unspecified atom stereocenters. The third-order valence-electron chi connectivity index (χ3n) is 5.40. The predicted molar refractivity (Wildman–Crippen MR) is 124 cm³/mol. The second kappa shape index (κ2) is 10.3. The Labute approximate surface area is 200 Å². The van der Waals surface area contributed by atoms with Crippen molar-refractivity contribution in [1.82, 2.24) is 20.1 Å². The third kappa shape index (κ3) is 5.10. The van der Waals surface area contributed by atoms with Crippen LogP contribution >= 0.6 is 11.8 Å². The van der Waals surface area contributed by atoms with Crippen LogP contribution in [0.2, 0.25) is 0 Å². The molecule has 1 fully saturated rings. The van der Waals surface area contributed by atoms with Crippen LogP contribution in [0, 0.1) is 5.82 Å². The van der Waals surface area contributed by atoms with Crippen LogP contribution in [-0.2, 0) is 9.53 Å². The lowest BCUT2D eigenvalue weighted by molar-refractivity contribution is -0.119. The second-order valence-corrected chi connectivity index (χ2v) is 8.73. The highest BCUT2D eigenvalue weighted by atomic mass is 32.2. The first-order chi connectivity index (χ1) is 16.7. The number of thioether (sulfide) groups is 1. The Hall–Kier alpha value is -3.31. The molecule has 2 aliphatic heterocycles. The van der Waals surface area contributed by atoms with E-state index in [2.05, 4.69) is 15.5 Å². The van der Waals surface area contributed by atoms with Gasteiger partial charge in [0.15, 0.2) is 16.7 Å². The highest BCUT2D eigenvalue weighted by molar-refractivity contribution is 7.99. The molecule has 5 rings (SSSR count). The van der Waals surface area contributed by atoms with Crippen LogP contribution in [-0.4, -0.2) is 72.0 Å². The summed E-state index contributed by atoms with van der Waals surface area (Å²) in [5, 5.41) is 12.0. The summed E-state index contributed by atoms with van der Waals surface area (Å²) in [7, 11) is 0. The number of ether oxygens (including phenoxy) is 3. The van der Waals surface area contributed by atoms with Gasteiger partial charge in [0.1, 0.15) is 18.5 Å². The molecule has 1 atom stereocenters. The molecule has 1 N–H and O–H groups in total. The molecule has 0 spiro atoms. The monoisotopic (exact) mass is 485 g/mol. The Morgan fingerprint density at radius 2 is 1.94 bits per heavy atom. The lowest BCUT2D eigenvalue weighted by Gasteiger charge is -2.28. The van der Waals surface area contributed by atoms with Gasteiger partial charge in [-0.25, -0.2) is 4.39 Å². The second-order valence-electron chi connectivity index (χ2n) is 7.79. The van der Waals surface area contributed by atoms with Gasteiger partial charge in [-0.2, -0.15) is 0 Å². The molecule has 1 saturated heterocycles. The van der Waals surface area contributed by atoms with Gasteiger partial charge in [0.25, 0.3) is 0 Å². The molecule has 11 heteroatoms. The number of para-hydroxylation sites is 2. The Bertz CT molecular complexity index is 1150. The third-order valence-corrected chi connectivity index (χ3v) is 6.33. The van der Waals surface area contributed by atoms with Crippen LogP contribution in [0.4, 0.5) is 10.3 Å². The first-order valence-electron chi connectivity index (χ1n) is 11.0. The van der Waals surface area contributed by atoms with E-state index in [4.69, 9.17) is 14.2 Å². The average molecular weight is 486 g/mol. The number of anilines is 1. The van der Waals surface area contributed by atoms with E-state index < -0.39 is 0 Å². The molecule has 0 saturated carbocycles. The summed E-state index contributed by atoms with van der Waals surface area (Å²) >= 11 is 1.24. The molecule has 178 valence electrons. The number of aromatic nitrogens is 3. The van der Waals surface area contributed by atoms with Crippen LogP contribution in [0.1, 0.15) is 0 Å². The zero-order valence-corrected chi connectivity index (χ0v) is 19.2. The molecular formula is C23H24FN5O4S. The summed E-state index contributed by atoms with van der Waals surface area (Å²) in [6.07, 6.45) is -0.271. The van der Waals surface area contributed by atoms with Crippen molar-refractivity contribution in [3.05, 3.63) is 54.3 Å². The number of carbonyl (C=O) groups excluding carboxylic acids is 1. The molecule has 0 radical (unpaired) electrons. The van der Waals surface area contributed by atoms with Gasteiger partial charge in [0, 0.05) is 13.1 Å². The fraction of sp³-hybridized carbons (Fsp3) is 0.348. The van der Waals surface area contributed by atoms with Gasteiger partial charge in [0.2, 0.25) is 11.9 Å². The Morgan fingerprint density at radius 3 is 2.76 bits per heavy atom. The minimum Gasteiger partial charge on any atom is -0.486 e. The molecule has 9 nitrogen and oxygen atoms in total. The first kappa shape index (κ1) is 22.5. The van der Waals surface area contributed by atoms with Crippen LogP contribution in [0.5, 0.6) is 11.5 Å². The maximum atomic E-state index is 14.0. The van der Waals surface area contributed by atoms with Gasteiger partial charge in [-0.15, -0.1) is 10.2 Å². The smallest absolute Gasteiger partial charge is 0.232 e. The topological polar surface area (TPSA) is 90.7 Å². The molecule has 34 heavy (non-hydrogen) atoms. The number of carbonyl (C=O) groups is 1. The van der Waals surface area contributed by atoms with Gasteiger partial charge in [-0.3, -0.25) is 9.36 Å². The van der Waals surface area contributed by atoms with Crippen LogP contribution in [0.15, 0.2) is 53.7 Å². The summed E-state index contributed by atoms with van der Waals surface area (Å²) in [6, 6.07) is 13.7. The highest BCUT2D eigenvalue weighted by Crippen LogP contribution is 2.31. The quantitative estimate of drug-likeness (QED) is 0.510. The van der Waals surface area contributed by atoms with E-state index in [1.807, 2.05) is 29.2 Å². The fourth-order valence-electron chi connectivity index (χ4n) is 3.74. The number of halogens is 1. The van der Waals surface area contributed by atoms with Crippen molar-refractivity contribution in [3.8, 4) is 17.2 Å². The first-order valence-corrected chi connectivity index (χ1v) is 12.0. The van der Waals surface area contributed by atoms with E-state index in [-0.39, 0.29) is 23.6 Å². The zero-order chi connectivity index (χ0) is 23.3. The van der Waals surface area contributed by atoms with E-state index in [1.54, 1.807) is 16.7 Å². The number of nitrogens with one attached hydrogen (secondary N) is 1. The average Bonchev–Trinajstić information content (AvgIpc) is 3.30. The highest BCUT2D eigenvalue weighted by Gasteiger charge is 2.24. The van der Waals surface area contributed by atoms with E-state index in [9.17, 15) is 9.18 Å². The molecule has 0 aliphatic carbocycles. The van der Waals surface area contributed by atoms with Gasteiger partial charge < -0.3 is 24.4 Å². The van der Waals surface area contributed by atoms with Crippen molar-refractivity contribution < 1.29 is 23.4 Å². The summed E-state index contributed by atoms with van der Waals surface area (Å²) < 4.78 is 32.7. The standard InChI is InChI=1S/C23H24FN5O4S/c24-16-4-3-5-17(12-16)29-22(28-8-10-31-11-9-28)26-27-23(29)34-15-21(30)25-13-18-14-32-19-6-1-2-7-20(19)33-18/h1-7,12,18H,8-11,13-15H2,(H,25,30)/t18-/m1/s1. The lowest BCUT2D eigenvalue weighted by Crippen LogP contribution is -2.41. The molecule has 2 aliphatic rings. The van der Waals surface area contributed by atoms with Crippen molar-refractivity contribution >= 4 is 23.6 Å². The molecule has 3 aromatic rings. The van der Waals surface area contributed by atoms with Crippen LogP contribution < -0.4 is 19.7 Å². The minimum atomic E-state index is -0.357. The number of hydrogen-bond donors (Lipinski definition) is 1. The van der Waals surface area contributed by atoms with Crippen molar-refractivity contribution in [2.75, 3.05) is 50.1 Å². The van der Waals surface area contributed by atoms with E-state index in [0.717, 1.165) is 0 Å². The maximum Gasteiger partial charge on any atom is 0.232 e. The summed E-state index contributed by atoms with van der Waals surface area (Å²) in [6.45, 7) is 3.16. The molecule has 2 aromatic carbocycles. The molecule has 1 aromatic heterocycles. The minimum absolute atomic E-state index is 0.126. The normalized spacial score (nSPS) is 17.4. The Morgan fingerprint density at radius 1 is 1.12 bits per heavy atom. The summed E-state index contributed by atoms with van der Waals surface area (Å²) in [5.74, 6) is 1.57. The maximum absolute atomic E-state index is 14.0. The van der Waals surface area contributed by atoms with Gasteiger partial charge >= 0.3 is 0 Å². The van der Waals surface area contributed by atoms with Gasteiger partial charge in [-0.1, -0.05) is 30.0 Å². The predicted octanol–water partition coefficient (Wildman–Crippen LogP) is 2.29. The summed E-state index contributed by atoms with van der Waals surface area (Å²) in [4.78, 5) is 14.6. The van der Waals surface area contributed by atoms with Crippen molar-refractivity contribution in [3.63, 3.8) is 0 Å².